The van der Waals surface area contributed by atoms with Crippen LogP contribution in [0, 0.1) is 11.3 Å². The lowest BCUT2D eigenvalue weighted by atomic mass is 10.1. The van der Waals surface area contributed by atoms with Gasteiger partial charge < -0.3 is 9.80 Å². The lowest BCUT2D eigenvalue weighted by molar-refractivity contribution is -0.131. The quantitative estimate of drug-likeness (QED) is 0.833. The van der Waals surface area contributed by atoms with E-state index < -0.39 is 0 Å². The molecule has 0 radical (unpaired) electrons. The van der Waals surface area contributed by atoms with E-state index in [2.05, 4.69) is 11.0 Å². The first-order valence-corrected chi connectivity index (χ1v) is 6.76. The van der Waals surface area contributed by atoms with Crippen LogP contribution in [0.3, 0.4) is 0 Å². The molecule has 0 aliphatic carbocycles. The summed E-state index contributed by atoms with van der Waals surface area (Å²) >= 11 is 6.19. The number of benzene rings is 1. The summed E-state index contributed by atoms with van der Waals surface area (Å²) in [5, 5.41) is 9.74. The minimum Gasteiger partial charge on any atom is -0.366 e. The highest BCUT2D eigenvalue weighted by atomic mass is 35.5. The molecule has 2 rings (SSSR count). The van der Waals surface area contributed by atoms with Crippen molar-refractivity contribution in [3.05, 3.63) is 28.8 Å². The molecule has 19 heavy (non-hydrogen) atoms. The van der Waals surface area contributed by atoms with Crippen LogP contribution in [0.5, 0.6) is 0 Å². The number of anilines is 1. The number of carbonyl (C=O) groups excluding carboxylic acids is 1. The molecule has 0 spiro atoms. The molecule has 1 amide bonds. The largest absolute Gasteiger partial charge is 0.366 e. The second-order valence-electron chi connectivity index (χ2n) is 4.47. The smallest absolute Gasteiger partial charge is 0.222 e. The summed E-state index contributed by atoms with van der Waals surface area (Å²) in [5.74, 6) is 0.180. The zero-order valence-corrected chi connectivity index (χ0v) is 11.7. The Kier molecular flexibility index (Phi) is 4.28. The van der Waals surface area contributed by atoms with Gasteiger partial charge in [-0.15, -0.1) is 0 Å². The van der Waals surface area contributed by atoms with Crippen LogP contribution in [0.1, 0.15) is 18.9 Å². The Bertz CT molecular complexity index is 516. The van der Waals surface area contributed by atoms with Gasteiger partial charge in [0, 0.05) is 32.6 Å². The van der Waals surface area contributed by atoms with Crippen molar-refractivity contribution in [3.8, 4) is 6.07 Å². The number of hydrogen-bond donors (Lipinski definition) is 0. The highest BCUT2D eigenvalue weighted by Crippen LogP contribution is 2.30. The Morgan fingerprint density at radius 3 is 2.63 bits per heavy atom. The van der Waals surface area contributed by atoms with Crippen LogP contribution >= 0.6 is 11.6 Å². The maximum Gasteiger partial charge on any atom is 0.222 e. The minimum atomic E-state index is 0.180. The van der Waals surface area contributed by atoms with E-state index in [0.29, 0.717) is 43.2 Å². The topological polar surface area (TPSA) is 47.3 Å². The Hall–Kier alpha value is -1.73. The van der Waals surface area contributed by atoms with Gasteiger partial charge in [0.05, 0.1) is 16.3 Å². The molecule has 0 aromatic heterocycles. The summed E-state index contributed by atoms with van der Waals surface area (Å²) in [7, 11) is 0. The zero-order chi connectivity index (χ0) is 13.8. The minimum absolute atomic E-state index is 0.180. The average molecular weight is 278 g/mol. The van der Waals surface area contributed by atoms with E-state index in [1.807, 2.05) is 11.8 Å². The predicted molar refractivity (Wildman–Crippen MR) is 75.3 cm³/mol. The molecule has 1 fully saturated rings. The number of amides is 1. The lowest BCUT2D eigenvalue weighted by Crippen LogP contribution is -2.48. The first-order chi connectivity index (χ1) is 9.17. The standard InChI is InChI=1S/C14H16ClN3O/c1-2-13(19)17-6-8-18(9-7-17)14-11(10-16)4-3-5-12(14)15/h3-5H,2,6-9H2,1H3. The van der Waals surface area contributed by atoms with Crippen molar-refractivity contribution in [3.63, 3.8) is 0 Å². The normalized spacial score (nSPS) is 15.2. The molecule has 1 aliphatic rings. The second-order valence-corrected chi connectivity index (χ2v) is 4.88. The highest BCUT2D eigenvalue weighted by molar-refractivity contribution is 6.33. The van der Waals surface area contributed by atoms with Gasteiger partial charge in [-0.1, -0.05) is 24.6 Å². The molecule has 1 heterocycles. The predicted octanol–water partition coefficient (Wildman–Crippen LogP) is 2.27. The molecule has 5 heteroatoms. The highest BCUT2D eigenvalue weighted by Gasteiger charge is 2.23. The van der Waals surface area contributed by atoms with Crippen molar-refractivity contribution in [1.82, 2.24) is 4.90 Å². The molecule has 1 aliphatic heterocycles. The van der Waals surface area contributed by atoms with Gasteiger partial charge in [-0.25, -0.2) is 0 Å². The van der Waals surface area contributed by atoms with Gasteiger partial charge in [-0.3, -0.25) is 4.79 Å². The average Bonchev–Trinajstić information content (AvgIpc) is 2.46. The van der Waals surface area contributed by atoms with Crippen molar-refractivity contribution >= 4 is 23.2 Å². The molecule has 0 N–H and O–H groups in total. The van der Waals surface area contributed by atoms with E-state index in [1.54, 1.807) is 18.2 Å². The fourth-order valence-corrected chi connectivity index (χ4v) is 2.62. The van der Waals surface area contributed by atoms with E-state index in [9.17, 15) is 4.79 Å². The van der Waals surface area contributed by atoms with Gasteiger partial charge in [-0.05, 0) is 12.1 Å². The molecule has 0 saturated carbocycles. The summed E-state index contributed by atoms with van der Waals surface area (Å²) in [6.45, 7) is 4.66. The van der Waals surface area contributed by atoms with Crippen LogP contribution in [0.4, 0.5) is 5.69 Å². The first-order valence-electron chi connectivity index (χ1n) is 6.38. The molecule has 1 aromatic rings. The summed E-state index contributed by atoms with van der Waals surface area (Å²) in [4.78, 5) is 15.6. The van der Waals surface area contributed by atoms with Crippen molar-refractivity contribution in [2.75, 3.05) is 31.1 Å². The van der Waals surface area contributed by atoms with Crippen molar-refractivity contribution in [2.45, 2.75) is 13.3 Å². The number of nitriles is 1. The van der Waals surface area contributed by atoms with E-state index in [1.165, 1.54) is 0 Å². The van der Waals surface area contributed by atoms with Crippen molar-refractivity contribution in [2.24, 2.45) is 0 Å². The summed E-state index contributed by atoms with van der Waals surface area (Å²) in [6, 6.07) is 7.51. The van der Waals surface area contributed by atoms with Crippen LogP contribution in [0.25, 0.3) is 0 Å². The Balaban J connectivity index is 2.14. The fourth-order valence-electron chi connectivity index (χ4n) is 2.33. The SMILES string of the molecule is CCC(=O)N1CCN(c2c(Cl)cccc2C#N)CC1. The summed E-state index contributed by atoms with van der Waals surface area (Å²) in [5.41, 5.74) is 1.37. The number of piperazine rings is 1. The number of nitrogens with zero attached hydrogens (tertiary/aromatic N) is 3. The summed E-state index contributed by atoms with van der Waals surface area (Å²) < 4.78 is 0. The number of carbonyl (C=O) groups is 1. The van der Waals surface area contributed by atoms with Gasteiger partial charge in [-0.2, -0.15) is 5.26 Å². The molecule has 0 unspecified atom stereocenters. The van der Waals surface area contributed by atoms with Gasteiger partial charge in [0.25, 0.3) is 0 Å². The maximum atomic E-state index is 11.6. The fraction of sp³-hybridized carbons (Fsp3) is 0.429. The zero-order valence-electron chi connectivity index (χ0n) is 10.9. The third kappa shape index (κ3) is 2.82. The summed E-state index contributed by atoms with van der Waals surface area (Å²) in [6.07, 6.45) is 0.537. The van der Waals surface area contributed by atoms with Crippen molar-refractivity contribution < 1.29 is 4.79 Å². The van der Waals surface area contributed by atoms with Crippen LogP contribution in [-0.2, 0) is 4.79 Å². The van der Waals surface area contributed by atoms with Crippen LogP contribution < -0.4 is 4.90 Å². The molecule has 1 saturated heterocycles. The maximum absolute atomic E-state index is 11.6. The van der Waals surface area contributed by atoms with E-state index in [0.717, 1.165) is 5.69 Å². The van der Waals surface area contributed by atoms with E-state index in [4.69, 9.17) is 16.9 Å². The van der Waals surface area contributed by atoms with Crippen LogP contribution in [-0.4, -0.2) is 37.0 Å². The third-order valence-corrected chi connectivity index (χ3v) is 3.66. The lowest BCUT2D eigenvalue weighted by Gasteiger charge is -2.36. The van der Waals surface area contributed by atoms with Crippen LogP contribution in [0.15, 0.2) is 18.2 Å². The molecule has 0 bridgehead atoms. The number of hydrogen-bond acceptors (Lipinski definition) is 3. The van der Waals surface area contributed by atoms with E-state index >= 15 is 0 Å². The molecule has 1 aromatic carbocycles. The monoisotopic (exact) mass is 277 g/mol. The van der Waals surface area contributed by atoms with Crippen LogP contribution in [0.2, 0.25) is 5.02 Å². The number of halogens is 1. The molecule has 100 valence electrons. The molecular formula is C14H16ClN3O. The Morgan fingerprint density at radius 2 is 2.05 bits per heavy atom. The van der Waals surface area contributed by atoms with Gasteiger partial charge in [0.15, 0.2) is 0 Å². The second kappa shape index (κ2) is 5.94. The first kappa shape index (κ1) is 13.7. The van der Waals surface area contributed by atoms with Gasteiger partial charge in [0.2, 0.25) is 5.91 Å². The molecule has 0 atom stereocenters. The third-order valence-electron chi connectivity index (χ3n) is 3.36. The Morgan fingerprint density at radius 1 is 1.37 bits per heavy atom. The van der Waals surface area contributed by atoms with Gasteiger partial charge >= 0.3 is 0 Å². The molecule has 4 nitrogen and oxygen atoms in total. The molecular weight excluding hydrogens is 262 g/mol. The number of para-hydroxylation sites is 1. The Labute approximate surface area is 118 Å². The van der Waals surface area contributed by atoms with Crippen molar-refractivity contribution in [1.29, 1.82) is 5.26 Å². The van der Waals surface area contributed by atoms with Gasteiger partial charge in [0.1, 0.15) is 6.07 Å². The van der Waals surface area contributed by atoms with E-state index in [-0.39, 0.29) is 5.91 Å². The number of rotatable bonds is 2.